The summed E-state index contributed by atoms with van der Waals surface area (Å²) in [5.74, 6) is 0. The summed E-state index contributed by atoms with van der Waals surface area (Å²) in [6, 6.07) is 1.70. The monoisotopic (exact) mass is 216 g/mol. The van der Waals surface area contributed by atoms with Crippen LogP contribution in [0.15, 0.2) is 18.3 Å². The zero-order chi connectivity index (χ0) is 9.68. The lowest BCUT2D eigenvalue weighted by atomic mass is 10.2. The summed E-state index contributed by atoms with van der Waals surface area (Å²) in [5, 5.41) is 1.02. The van der Waals surface area contributed by atoms with E-state index in [0.29, 0.717) is 16.7 Å². The van der Waals surface area contributed by atoms with E-state index in [1.54, 1.807) is 12.3 Å². The molecule has 0 amide bonds. The predicted octanol–water partition coefficient (Wildman–Crippen LogP) is 2.75. The maximum absolute atomic E-state index is 5.90. The largest absolute Gasteiger partial charge is 0.330 e. The molecule has 1 heterocycles. The molecule has 0 atom stereocenters. The van der Waals surface area contributed by atoms with Crippen molar-refractivity contribution in [3.63, 3.8) is 0 Å². The molecule has 0 saturated carbocycles. The number of nitrogens with zero attached hydrogens (tertiary/aromatic N) is 1. The molecular weight excluding hydrogens is 207 g/mol. The Bertz CT molecular complexity index is 290. The second kappa shape index (κ2) is 5.22. The van der Waals surface area contributed by atoms with Crippen molar-refractivity contribution in [3.8, 4) is 0 Å². The van der Waals surface area contributed by atoms with Crippen LogP contribution < -0.4 is 5.73 Å². The molecule has 0 aliphatic carbocycles. The first-order chi connectivity index (χ1) is 6.25. The number of hydrogen-bond donors (Lipinski definition) is 1. The van der Waals surface area contributed by atoms with Crippen molar-refractivity contribution in [3.05, 3.63) is 34.1 Å². The molecule has 0 aliphatic rings. The molecule has 0 saturated heterocycles. The molecule has 2 nitrogen and oxygen atoms in total. The van der Waals surface area contributed by atoms with Gasteiger partial charge in [-0.2, -0.15) is 0 Å². The quantitative estimate of drug-likeness (QED) is 0.790. The van der Waals surface area contributed by atoms with Crippen molar-refractivity contribution in [2.24, 2.45) is 5.73 Å². The summed E-state index contributed by atoms with van der Waals surface area (Å²) in [5.41, 5.74) is 6.09. The minimum Gasteiger partial charge on any atom is -0.330 e. The van der Waals surface area contributed by atoms with Gasteiger partial charge in [-0.15, -0.1) is 0 Å². The van der Waals surface area contributed by atoms with Crippen LogP contribution in [-0.2, 0) is 0 Å². The van der Waals surface area contributed by atoms with E-state index in [-0.39, 0.29) is 0 Å². The molecule has 1 rings (SSSR count). The maximum atomic E-state index is 5.90. The van der Waals surface area contributed by atoms with Crippen LogP contribution in [0.5, 0.6) is 0 Å². The fourth-order valence-electron chi connectivity index (χ4n) is 0.872. The summed E-state index contributed by atoms with van der Waals surface area (Å²) in [6.45, 7) is 0.617. The van der Waals surface area contributed by atoms with Gasteiger partial charge in [0.05, 0.1) is 5.02 Å². The number of rotatable bonds is 3. The van der Waals surface area contributed by atoms with Gasteiger partial charge >= 0.3 is 0 Å². The molecule has 13 heavy (non-hydrogen) atoms. The Kier molecular flexibility index (Phi) is 4.22. The second-order valence-electron chi connectivity index (χ2n) is 2.48. The smallest absolute Gasteiger partial charge is 0.137 e. The highest BCUT2D eigenvalue weighted by atomic mass is 35.5. The minimum absolute atomic E-state index is 0.417. The van der Waals surface area contributed by atoms with Gasteiger partial charge in [0.15, 0.2) is 0 Å². The van der Waals surface area contributed by atoms with Crippen molar-refractivity contribution in [2.45, 2.75) is 6.42 Å². The van der Waals surface area contributed by atoms with Crippen LogP contribution in [0.2, 0.25) is 10.2 Å². The summed E-state index contributed by atoms with van der Waals surface area (Å²) < 4.78 is 0. The van der Waals surface area contributed by atoms with Crippen LogP contribution in [-0.4, -0.2) is 11.5 Å². The number of nitrogens with two attached hydrogens (primary N) is 1. The standard InChI is InChI=1S/C9H10Cl2N2/c10-8-4-6-13-9(11)7(8)3-1-2-5-12/h1,3-4,6H,2,5,12H2. The van der Waals surface area contributed by atoms with Gasteiger partial charge in [0.1, 0.15) is 5.15 Å². The van der Waals surface area contributed by atoms with E-state index in [4.69, 9.17) is 28.9 Å². The Morgan fingerprint density at radius 3 is 2.85 bits per heavy atom. The second-order valence-corrected chi connectivity index (χ2v) is 3.24. The Balaban J connectivity index is 2.87. The van der Waals surface area contributed by atoms with Crippen molar-refractivity contribution in [1.82, 2.24) is 4.98 Å². The van der Waals surface area contributed by atoms with Crippen LogP contribution in [0.25, 0.3) is 6.08 Å². The highest BCUT2D eigenvalue weighted by Crippen LogP contribution is 2.23. The third kappa shape index (κ3) is 2.99. The first-order valence-corrected chi connectivity index (χ1v) is 4.68. The van der Waals surface area contributed by atoms with Gasteiger partial charge in [0.2, 0.25) is 0 Å². The fourth-order valence-corrected chi connectivity index (χ4v) is 1.35. The molecule has 2 N–H and O–H groups in total. The van der Waals surface area contributed by atoms with Gasteiger partial charge in [-0.25, -0.2) is 4.98 Å². The van der Waals surface area contributed by atoms with Gasteiger partial charge < -0.3 is 5.73 Å². The lowest BCUT2D eigenvalue weighted by Crippen LogP contribution is -1.95. The van der Waals surface area contributed by atoms with Crippen LogP contribution in [0.4, 0.5) is 0 Å². The summed E-state index contributed by atoms with van der Waals surface area (Å²) >= 11 is 11.7. The summed E-state index contributed by atoms with van der Waals surface area (Å²) in [6.07, 6.45) is 6.14. The Morgan fingerprint density at radius 1 is 1.46 bits per heavy atom. The zero-order valence-electron chi connectivity index (χ0n) is 7.00. The zero-order valence-corrected chi connectivity index (χ0v) is 8.52. The molecule has 0 fully saturated rings. The SMILES string of the molecule is NCCC=Cc1c(Cl)ccnc1Cl. The number of pyridine rings is 1. The van der Waals surface area contributed by atoms with Gasteiger partial charge in [-0.05, 0) is 19.0 Å². The van der Waals surface area contributed by atoms with E-state index < -0.39 is 0 Å². The van der Waals surface area contributed by atoms with E-state index in [9.17, 15) is 0 Å². The first-order valence-electron chi connectivity index (χ1n) is 3.92. The predicted molar refractivity (Wildman–Crippen MR) is 57.0 cm³/mol. The topological polar surface area (TPSA) is 38.9 Å². The molecule has 4 heteroatoms. The lowest BCUT2D eigenvalue weighted by Gasteiger charge is -1.99. The summed E-state index contributed by atoms with van der Waals surface area (Å²) in [4.78, 5) is 3.92. The Morgan fingerprint density at radius 2 is 2.23 bits per heavy atom. The van der Waals surface area contributed by atoms with Crippen molar-refractivity contribution < 1.29 is 0 Å². The third-order valence-electron chi connectivity index (χ3n) is 1.51. The van der Waals surface area contributed by atoms with Gasteiger partial charge in [-0.3, -0.25) is 0 Å². The van der Waals surface area contributed by atoms with E-state index in [2.05, 4.69) is 4.98 Å². The Labute approximate surface area is 87.4 Å². The lowest BCUT2D eigenvalue weighted by molar-refractivity contribution is 1.01. The van der Waals surface area contributed by atoms with Crippen LogP contribution in [0.3, 0.4) is 0 Å². The molecule has 1 aromatic heterocycles. The van der Waals surface area contributed by atoms with Gasteiger partial charge in [0.25, 0.3) is 0 Å². The van der Waals surface area contributed by atoms with E-state index in [0.717, 1.165) is 12.0 Å². The van der Waals surface area contributed by atoms with E-state index >= 15 is 0 Å². The van der Waals surface area contributed by atoms with Gasteiger partial charge in [0, 0.05) is 11.8 Å². The summed E-state index contributed by atoms with van der Waals surface area (Å²) in [7, 11) is 0. The molecule has 0 bridgehead atoms. The average Bonchev–Trinajstić information content (AvgIpc) is 2.10. The van der Waals surface area contributed by atoms with Crippen molar-refractivity contribution in [2.75, 3.05) is 6.54 Å². The highest BCUT2D eigenvalue weighted by molar-refractivity contribution is 6.36. The van der Waals surface area contributed by atoms with Crippen LogP contribution in [0.1, 0.15) is 12.0 Å². The van der Waals surface area contributed by atoms with Crippen LogP contribution >= 0.6 is 23.2 Å². The molecule has 1 aromatic rings. The van der Waals surface area contributed by atoms with E-state index in [1.165, 1.54) is 0 Å². The average molecular weight is 217 g/mol. The first kappa shape index (κ1) is 10.5. The van der Waals surface area contributed by atoms with Crippen molar-refractivity contribution in [1.29, 1.82) is 0 Å². The van der Waals surface area contributed by atoms with E-state index in [1.807, 2.05) is 12.2 Å². The molecule has 0 spiro atoms. The maximum Gasteiger partial charge on any atom is 0.137 e. The molecular formula is C9H10Cl2N2. The number of hydrogen-bond acceptors (Lipinski definition) is 2. The van der Waals surface area contributed by atoms with Crippen LogP contribution in [0, 0.1) is 0 Å². The number of halogens is 2. The highest BCUT2D eigenvalue weighted by Gasteiger charge is 2.01. The molecule has 0 aromatic carbocycles. The molecule has 70 valence electrons. The van der Waals surface area contributed by atoms with Crippen molar-refractivity contribution >= 4 is 29.3 Å². The number of aromatic nitrogens is 1. The third-order valence-corrected chi connectivity index (χ3v) is 2.14. The minimum atomic E-state index is 0.417. The molecule has 0 aliphatic heterocycles. The fraction of sp³-hybridized carbons (Fsp3) is 0.222. The molecule has 0 radical (unpaired) electrons. The Hall–Kier alpha value is -0.570. The van der Waals surface area contributed by atoms with Gasteiger partial charge in [-0.1, -0.05) is 35.4 Å². The molecule has 0 unspecified atom stereocenters. The normalized spacial score (nSPS) is 11.0.